The fourth-order valence-electron chi connectivity index (χ4n) is 1.13. The van der Waals surface area contributed by atoms with Gasteiger partial charge in [-0.05, 0) is 13.0 Å². The molecule has 0 unspecified atom stereocenters. The molecule has 0 fully saturated rings. The average Bonchev–Trinajstić information content (AvgIpc) is 2.07. The second kappa shape index (κ2) is 3.51. The van der Waals surface area contributed by atoms with Crippen LogP contribution < -0.4 is 0 Å². The Bertz CT molecular complexity index is 477. The smallest absolute Gasteiger partial charge is 0.282 e. The summed E-state index contributed by atoms with van der Waals surface area (Å²) in [7, 11) is -4.36. The predicted octanol–water partition coefficient (Wildman–Crippen LogP) is 2.02. The van der Waals surface area contributed by atoms with Crippen LogP contribution in [0, 0.1) is 12.7 Å². The lowest BCUT2D eigenvalue weighted by atomic mass is 10.1. The SMILES string of the molecule is C=Cc1ccc(S(=O)(=O)O)c(C)c1F. The van der Waals surface area contributed by atoms with Crippen molar-refractivity contribution in [2.45, 2.75) is 11.8 Å². The first-order valence-electron chi connectivity index (χ1n) is 3.77. The van der Waals surface area contributed by atoms with Gasteiger partial charge in [0.25, 0.3) is 10.1 Å². The third-order valence-electron chi connectivity index (χ3n) is 1.86. The summed E-state index contributed by atoms with van der Waals surface area (Å²) in [5.41, 5.74) is 0.0970. The summed E-state index contributed by atoms with van der Waals surface area (Å²) < 4.78 is 43.6. The molecule has 0 saturated carbocycles. The van der Waals surface area contributed by atoms with Crippen molar-refractivity contribution in [2.24, 2.45) is 0 Å². The van der Waals surface area contributed by atoms with Crippen LogP contribution in [0.3, 0.4) is 0 Å². The van der Waals surface area contributed by atoms with Gasteiger partial charge in [-0.15, -0.1) is 0 Å². The lowest BCUT2D eigenvalue weighted by Gasteiger charge is -2.05. The number of halogens is 1. The third kappa shape index (κ3) is 1.83. The highest BCUT2D eigenvalue weighted by molar-refractivity contribution is 7.85. The maximum Gasteiger partial charge on any atom is 0.294 e. The second-order valence-corrected chi connectivity index (χ2v) is 4.16. The van der Waals surface area contributed by atoms with E-state index in [1.54, 1.807) is 0 Å². The van der Waals surface area contributed by atoms with Crippen LogP contribution in [0.1, 0.15) is 11.1 Å². The van der Waals surface area contributed by atoms with E-state index >= 15 is 0 Å². The summed E-state index contributed by atoms with van der Waals surface area (Å²) in [5, 5.41) is 0. The van der Waals surface area contributed by atoms with Gasteiger partial charge in [-0.3, -0.25) is 4.55 Å². The largest absolute Gasteiger partial charge is 0.294 e. The average molecular weight is 216 g/mol. The molecule has 5 heteroatoms. The highest BCUT2D eigenvalue weighted by Crippen LogP contribution is 2.21. The normalized spacial score (nSPS) is 11.4. The monoisotopic (exact) mass is 216 g/mol. The highest BCUT2D eigenvalue weighted by atomic mass is 32.2. The Morgan fingerprint density at radius 1 is 1.50 bits per heavy atom. The Morgan fingerprint density at radius 2 is 2.07 bits per heavy atom. The van der Waals surface area contributed by atoms with Crippen LogP contribution in [-0.4, -0.2) is 13.0 Å². The molecule has 3 nitrogen and oxygen atoms in total. The van der Waals surface area contributed by atoms with Crippen LogP contribution in [0.15, 0.2) is 23.6 Å². The predicted molar refractivity (Wildman–Crippen MR) is 51.0 cm³/mol. The molecule has 1 aromatic rings. The molecule has 1 aromatic carbocycles. The first-order valence-corrected chi connectivity index (χ1v) is 5.21. The van der Waals surface area contributed by atoms with Gasteiger partial charge in [-0.2, -0.15) is 8.42 Å². The number of rotatable bonds is 2. The zero-order chi connectivity index (χ0) is 10.9. The van der Waals surface area contributed by atoms with Gasteiger partial charge < -0.3 is 0 Å². The fraction of sp³-hybridized carbons (Fsp3) is 0.111. The van der Waals surface area contributed by atoms with E-state index < -0.39 is 20.8 Å². The van der Waals surface area contributed by atoms with Crippen molar-refractivity contribution in [1.82, 2.24) is 0 Å². The van der Waals surface area contributed by atoms with E-state index in [1.165, 1.54) is 19.1 Å². The molecule has 0 aliphatic carbocycles. The minimum Gasteiger partial charge on any atom is -0.282 e. The molecule has 0 amide bonds. The maximum absolute atomic E-state index is 13.3. The van der Waals surface area contributed by atoms with Crippen molar-refractivity contribution >= 4 is 16.2 Å². The van der Waals surface area contributed by atoms with Crippen molar-refractivity contribution in [3.63, 3.8) is 0 Å². The summed E-state index contributed by atoms with van der Waals surface area (Å²) in [6, 6.07) is 2.39. The lowest BCUT2D eigenvalue weighted by molar-refractivity contribution is 0.480. The second-order valence-electron chi connectivity index (χ2n) is 2.77. The summed E-state index contributed by atoms with van der Waals surface area (Å²) in [4.78, 5) is -0.416. The molecule has 0 aliphatic rings. The van der Waals surface area contributed by atoms with Crippen molar-refractivity contribution < 1.29 is 17.4 Å². The minimum absolute atomic E-state index is 0.107. The Hall–Kier alpha value is -1.20. The summed E-state index contributed by atoms with van der Waals surface area (Å²) >= 11 is 0. The molecule has 0 aliphatic heterocycles. The molecule has 1 N–H and O–H groups in total. The van der Waals surface area contributed by atoms with Crippen LogP contribution in [0.4, 0.5) is 4.39 Å². The van der Waals surface area contributed by atoms with Gasteiger partial charge in [0.15, 0.2) is 0 Å². The van der Waals surface area contributed by atoms with Gasteiger partial charge in [0.1, 0.15) is 5.82 Å². The zero-order valence-corrected chi connectivity index (χ0v) is 8.31. The summed E-state index contributed by atoms with van der Waals surface area (Å²) in [6.07, 6.45) is 1.27. The van der Waals surface area contributed by atoms with Crippen molar-refractivity contribution in [2.75, 3.05) is 0 Å². The van der Waals surface area contributed by atoms with Crippen LogP contribution in [0.2, 0.25) is 0 Å². The highest BCUT2D eigenvalue weighted by Gasteiger charge is 2.16. The van der Waals surface area contributed by atoms with Crippen molar-refractivity contribution in [3.05, 3.63) is 35.7 Å². The molecular weight excluding hydrogens is 207 g/mol. The lowest BCUT2D eigenvalue weighted by Crippen LogP contribution is -2.03. The van der Waals surface area contributed by atoms with E-state index in [9.17, 15) is 12.8 Å². The van der Waals surface area contributed by atoms with Crippen LogP contribution in [0.25, 0.3) is 6.08 Å². The van der Waals surface area contributed by atoms with Gasteiger partial charge in [0.2, 0.25) is 0 Å². The zero-order valence-electron chi connectivity index (χ0n) is 7.49. The van der Waals surface area contributed by atoms with E-state index in [-0.39, 0.29) is 11.1 Å². The molecule has 0 aromatic heterocycles. The Labute approximate surface area is 81.6 Å². The van der Waals surface area contributed by atoms with Crippen LogP contribution >= 0.6 is 0 Å². The van der Waals surface area contributed by atoms with Crippen molar-refractivity contribution in [1.29, 1.82) is 0 Å². The van der Waals surface area contributed by atoms with E-state index in [0.717, 1.165) is 6.07 Å². The first kappa shape index (κ1) is 10.9. The quantitative estimate of drug-likeness (QED) is 0.769. The standard InChI is InChI=1S/C9H9FO3S/c1-3-7-4-5-8(14(11,12)13)6(2)9(7)10/h3-5H,1H2,2H3,(H,11,12,13). The van der Waals surface area contributed by atoms with E-state index in [0.29, 0.717) is 0 Å². The van der Waals surface area contributed by atoms with Crippen LogP contribution in [-0.2, 0) is 10.1 Å². The third-order valence-corrected chi connectivity index (χ3v) is 2.86. The molecule has 0 heterocycles. The Morgan fingerprint density at radius 3 is 2.50 bits per heavy atom. The fourth-order valence-corrected chi connectivity index (χ4v) is 1.84. The van der Waals surface area contributed by atoms with Gasteiger partial charge in [-0.1, -0.05) is 18.7 Å². The Kier molecular flexibility index (Phi) is 2.73. The molecular formula is C9H9FO3S. The minimum atomic E-state index is -4.36. The maximum atomic E-state index is 13.3. The van der Waals surface area contributed by atoms with E-state index in [4.69, 9.17) is 4.55 Å². The van der Waals surface area contributed by atoms with E-state index in [1.807, 2.05) is 0 Å². The number of hydrogen-bond donors (Lipinski definition) is 1. The van der Waals surface area contributed by atoms with Gasteiger partial charge in [0, 0.05) is 11.1 Å². The molecule has 0 bridgehead atoms. The molecule has 14 heavy (non-hydrogen) atoms. The van der Waals surface area contributed by atoms with Gasteiger partial charge >= 0.3 is 0 Å². The molecule has 0 radical (unpaired) electrons. The topological polar surface area (TPSA) is 54.4 Å². The molecule has 0 saturated heterocycles. The Balaban J connectivity index is 3.54. The van der Waals surface area contributed by atoms with Crippen molar-refractivity contribution in [3.8, 4) is 0 Å². The molecule has 0 spiro atoms. The van der Waals surface area contributed by atoms with Gasteiger partial charge in [-0.25, -0.2) is 4.39 Å². The van der Waals surface area contributed by atoms with Crippen LogP contribution in [0.5, 0.6) is 0 Å². The van der Waals surface area contributed by atoms with E-state index in [2.05, 4.69) is 6.58 Å². The molecule has 76 valence electrons. The molecule has 1 rings (SSSR count). The summed E-state index contributed by atoms with van der Waals surface area (Å²) in [6.45, 7) is 4.66. The molecule has 0 atom stereocenters. The van der Waals surface area contributed by atoms with Gasteiger partial charge in [0.05, 0.1) is 4.90 Å². The number of benzene rings is 1. The summed E-state index contributed by atoms with van der Waals surface area (Å²) in [5.74, 6) is -0.685. The number of hydrogen-bond acceptors (Lipinski definition) is 2. The first-order chi connectivity index (χ1) is 6.38.